The number of hydrogen-bond acceptors (Lipinski definition) is 7. The average Bonchev–Trinajstić information content (AvgIpc) is 3.06. The van der Waals surface area contributed by atoms with Gasteiger partial charge in [0, 0.05) is 12.6 Å². The van der Waals surface area contributed by atoms with Crippen molar-refractivity contribution < 1.29 is 14.3 Å². The van der Waals surface area contributed by atoms with E-state index in [1.165, 1.54) is 11.7 Å². The summed E-state index contributed by atoms with van der Waals surface area (Å²) < 4.78 is 13.0. The third kappa shape index (κ3) is 3.88. The molecule has 0 N–H and O–H groups in total. The van der Waals surface area contributed by atoms with Crippen molar-refractivity contribution in [2.75, 3.05) is 14.2 Å². The van der Waals surface area contributed by atoms with Gasteiger partial charge in [-0.2, -0.15) is 9.36 Å². The Bertz CT molecular complexity index is 1050. The number of oxime groups is 1. The van der Waals surface area contributed by atoms with Gasteiger partial charge >= 0.3 is 5.69 Å². The van der Waals surface area contributed by atoms with Crippen LogP contribution in [0.3, 0.4) is 0 Å². The van der Waals surface area contributed by atoms with E-state index < -0.39 is 0 Å². The van der Waals surface area contributed by atoms with Gasteiger partial charge in [-0.3, -0.25) is 0 Å². The first-order chi connectivity index (χ1) is 13.5. The first-order valence-corrected chi connectivity index (χ1v) is 8.51. The lowest BCUT2D eigenvalue weighted by Gasteiger charge is -2.12. The Labute approximate surface area is 161 Å². The van der Waals surface area contributed by atoms with E-state index >= 15 is 0 Å². The number of ether oxygens (including phenoxy) is 2. The van der Waals surface area contributed by atoms with Gasteiger partial charge in [-0.1, -0.05) is 23.4 Å². The largest absolute Gasteiger partial charge is 0.497 e. The van der Waals surface area contributed by atoms with Crippen LogP contribution in [-0.4, -0.2) is 39.7 Å². The molecule has 9 nitrogen and oxygen atoms in total. The van der Waals surface area contributed by atoms with Crippen molar-refractivity contribution in [1.29, 1.82) is 0 Å². The fourth-order valence-electron chi connectivity index (χ4n) is 2.65. The molecule has 3 rings (SSSR count). The third-order valence-corrected chi connectivity index (χ3v) is 4.18. The van der Waals surface area contributed by atoms with Crippen molar-refractivity contribution in [2.24, 2.45) is 12.2 Å². The quantitative estimate of drug-likeness (QED) is 0.457. The van der Waals surface area contributed by atoms with Gasteiger partial charge in [-0.25, -0.2) is 4.79 Å². The molecule has 0 aliphatic carbocycles. The van der Waals surface area contributed by atoms with Crippen molar-refractivity contribution in [3.05, 3.63) is 64.1 Å². The van der Waals surface area contributed by atoms with Crippen molar-refractivity contribution >= 4 is 5.71 Å². The Morgan fingerprint density at radius 2 is 1.89 bits per heavy atom. The zero-order valence-electron chi connectivity index (χ0n) is 16.1. The van der Waals surface area contributed by atoms with Crippen LogP contribution in [0.25, 0.3) is 5.69 Å². The molecule has 28 heavy (non-hydrogen) atoms. The van der Waals surface area contributed by atoms with Crippen LogP contribution in [0, 0.1) is 0 Å². The highest BCUT2D eigenvalue weighted by molar-refractivity contribution is 5.98. The lowest BCUT2D eigenvalue weighted by atomic mass is 10.1. The van der Waals surface area contributed by atoms with Crippen LogP contribution in [0.5, 0.6) is 11.5 Å². The summed E-state index contributed by atoms with van der Waals surface area (Å²) in [6, 6.07) is 12.8. The second-order valence-corrected chi connectivity index (χ2v) is 5.94. The Hall–Kier alpha value is -3.62. The number of methoxy groups -OCH3 is 2. The molecule has 0 atom stereocenters. The van der Waals surface area contributed by atoms with Gasteiger partial charge in [0.05, 0.1) is 31.2 Å². The fourth-order valence-corrected chi connectivity index (χ4v) is 2.65. The highest BCUT2D eigenvalue weighted by atomic mass is 16.6. The van der Waals surface area contributed by atoms with Crippen molar-refractivity contribution in [1.82, 2.24) is 19.8 Å². The molecule has 0 unspecified atom stereocenters. The minimum absolute atomic E-state index is 0.0870. The molecular weight excluding hydrogens is 362 g/mol. The van der Waals surface area contributed by atoms with Gasteiger partial charge in [-0.05, 0) is 41.6 Å². The number of tetrazole rings is 1. The molecule has 1 aromatic heterocycles. The minimum Gasteiger partial charge on any atom is -0.497 e. The molecule has 0 radical (unpaired) electrons. The third-order valence-electron chi connectivity index (χ3n) is 4.18. The van der Waals surface area contributed by atoms with Crippen LogP contribution < -0.4 is 15.2 Å². The monoisotopic (exact) mass is 383 g/mol. The molecule has 9 heteroatoms. The van der Waals surface area contributed by atoms with Crippen LogP contribution in [0.4, 0.5) is 0 Å². The summed E-state index contributed by atoms with van der Waals surface area (Å²) in [6.07, 6.45) is 0. The molecule has 0 amide bonds. The Morgan fingerprint density at radius 1 is 1.11 bits per heavy atom. The first-order valence-electron chi connectivity index (χ1n) is 8.51. The van der Waals surface area contributed by atoms with Crippen LogP contribution in [-0.2, 0) is 18.5 Å². The van der Waals surface area contributed by atoms with E-state index in [9.17, 15) is 4.79 Å². The molecule has 0 spiro atoms. The van der Waals surface area contributed by atoms with E-state index in [4.69, 9.17) is 14.3 Å². The number of nitrogens with zero attached hydrogens (tertiary/aromatic N) is 5. The van der Waals surface area contributed by atoms with E-state index in [0.29, 0.717) is 22.7 Å². The summed E-state index contributed by atoms with van der Waals surface area (Å²) in [5.41, 5.74) is 2.35. The molecule has 0 saturated carbocycles. The summed E-state index contributed by atoms with van der Waals surface area (Å²) >= 11 is 0. The maximum absolute atomic E-state index is 12.2. The molecule has 3 aromatic rings. The summed E-state index contributed by atoms with van der Waals surface area (Å²) in [6.45, 7) is 1.93. The van der Waals surface area contributed by atoms with Gasteiger partial charge in [0.15, 0.2) is 0 Å². The highest BCUT2D eigenvalue weighted by Gasteiger charge is 2.15. The molecule has 0 aliphatic rings. The van der Waals surface area contributed by atoms with Gasteiger partial charge in [0.2, 0.25) is 0 Å². The normalized spacial score (nSPS) is 11.4. The number of hydrogen-bond donors (Lipinski definition) is 0. The minimum atomic E-state index is -0.370. The molecular formula is C19H21N5O4. The maximum atomic E-state index is 12.2. The van der Waals surface area contributed by atoms with Crippen molar-refractivity contribution in [2.45, 2.75) is 13.5 Å². The SMILES string of the molecule is COc1cccc(/C(C)=N/OCc2c(OC)cccc2-n2nnn(C)c2=O)c1. The average molecular weight is 383 g/mol. The molecule has 2 aromatic carbocycles. The fraction of sp³-hybridized carbons (Fsp3) is 0.263. The summed E-state index contributed by atoms with van der Waals surface area (Å²) in [7, 11) is 4.69. The topological polar surface area (TPSA) is 92.8 Å². The van der Waals surface area contributed by atoms with Crippen LogP contribution >= 0.6 is 0 Å². The van der Waals surface area contributed by atoms with Crippen molar-refractivity contribution in [3.63, 3.8) is 0 Å². The molecule has 146 valence electrons. The Morgan fingerprint density at radius 3 is 2.57 bits per heavy atom. The zero-order chi connectivity index (χ0) is 20.1. The Kier molecular flexibility index (Phi) is 5.73. The molecule has 0 aliphatic heterocycles. The predicted octanol–water partition coefficient (Wildman–Crippen LogP) is 1.92. The molecule has 0 bridgehead atoms. The van der Waals surface area contributed by atoms with E-state index in [0.717, 1.165) is 16.0 Å². The first kappa shape index (κ1) is 19.2. The van der Waals surface area contributed by atoms with Crippen LogP contribution in [0.15, 0.2) is 52.4 Å². The van der Waals surface area contributed by atoms with E-state index in [1.807, 2.05) is 31.2 Å². The van der Waals surface area contributed by atoms with Crippen LogP contribution in [0.1, 0.15) is 18.1 Å². The smallest absolute Gasteiger partial charge is 0.368 e. The van der Waals surface area contributed by atoms with Gasteiger partial charge in [-0.15, -0.1) is 0 Å². The van der Waals surface area contributed by atoms with Gasteiger partial charge < -0.3 is 14.3 Å². The summed E-state index contributed by atoms with van der Waals surface area (Å²) in [4.78, 5) is 17.8. The molecule has 1 heterocycles. The lowest BCUT2D eigenvalue weighted by Crippen LogP contribution is -2.23. The maximum Gasteiger partial charge on any atom is 0.368 e. The molecule has 0 saturated heterocycles. The number of aryl methyl sites for hydroxylation is 1. The second kappa shape index (κ2) is 8.38. The van der Waals surface area contributed by atoms with Gasteiger partial charge in [0.25, 0.3) is 0 Å². The second-order valence-electron chi connectivity index (χ2n) is 5.94. The van der Waals surface area contributed by atoms with Crippen LogP contribution in [0.2, 0.25) is 0 Å². The lowest BCUT2D eigenvalue weighted by molar-refractivity contribution is 0.128. The number of aromatic nitrogens is 4. The van der Waals surface area contributed by atoms with Gasteiger partial charge in [0.1, 0.15) is 18.1 Å². The zero-order valence-corrected chi connectivity index (χ0v) is 16.1. The standard InChI is InChI=1S/C19H21N5O4/c1-13(14-7-5-8-15(11-14)26-3)20-28-12-16-17(9-6-10-18(16)27-4)24-19(25)23(2)21-22-24/h5-11H,12H2,1-4H3/b20-13+. The van der Waals surface area contributed by atoms with E-state index in [2.05, 4.69) is 15.6 Å². The highest BCUT2D eigenvalue weighted by Crippen LogP contribution is 2.25. The van der Waals surface area contributed by atoms with E-state index in [-0.39, 0.29) is 12.3 Å². The number of rotatable bonds is 7. The predicted molar refractivity (Wildman–Crippen MR) is 103 cm³/mol. The number of benzene rings is 2. The summed E-state index contributed by atoms with van der Waals surface area (Å²) in [5.74, 6) is 1.30. The van der Waals surface area contributed by atoms with Crippen molar-refractivity contribution in [3.8, 4) is 17.2 Å². The Balaban J connectivity index is 1.87. The molecule has 0 fully saturated rings. The van der Waals surface area contributed by atoms with E-state index in [1.54, 1.807) is 32.4 Å². The summed E-state index contributed by atoms with van der Waals surface area (Å²) in [5, 5.41) is 11.8.